The van der Waals surface area contributed by atoms with E-state index in [0.717, 1.165) is 22.7 Å². The molecule has 1 heterocycles. The van der Waals surface area contributed by atoms with Crippen LogP contribution in [0.15, 0.2) is 52.9 Å². The molecule has 0 fully saturated rings. The van der Waals surface area contributed by atoms with Crippen LogP contribution in [0, 0.1) is 4.84 Å². The third-order valence-corrected chi connectivity index (χ3v) is 3.62. The zero-order valence-corrected chi connectivity index (χ0v) is 14.8. The lowest BCUT2D eigenvalue weighted by Crippen LogP contribution is -2.33. The minimum Gasteiger partial charge on any atom is -0.497 e. The van der Waals surface area contributed by atoms with E-state index in [4.69, 9.17) is 33.6 Å². The Labute approximate surface area is 154 Å². The van der Waals surface area contributed by atoms with Crippen molar-refractivity contribution in [3.63, 3.8) is 0 Å². The molecule has 0 spiro atoms. The first-order valence-electron chi connectivity index (χ1n) is 7.27. The van der Waals surface area contributed by atoms with E-state index >= 15 is 0 Å². The van der Waals surface area contributed by atoms with E-state index in [-0.39, 0.29) is 4.84 Å². The highest BCUT2D eigenvalue weighted by Gasteiger charge is 2.04. The van der Waals surface area contributed by atoms with Crippen molar-refractivity contribution in [3.05, 3.63) is 53.4 Å². The number of anilines is 2. The van der Waals surface area contributed by atoms with E-state index < -0.39 is 0 Å². The van der Waals surface area contributed by atoms with Gasteiger partial charge in [0.25, 0.3) is 4.84 Å². The van der Waals surface area contributed by atoms with Crippen LogP contribution in [-0.4, -0.2) is 22.4 Å². The molecule has 128 valence electrons. The standard InChI is InChI=1S/C16H15N5O2S2/c1-22-13-8-6-12(7-9-13)18-20-15(24)17-11-4-2-10(3-5-11)14-19-21-16(25)23-14/h2-9,18H,1H3,(H,21,25)(H2,17,20,24). The minimum atomic E-state index is 0.243. The van der Waals surface area contributed by atoms with Crippen LogP contribution in [0.1, 0.15) is 0 Å². The fourth-order valence-electron chi connectivity index (χ4n) is 2.02. The van der Waals surface area contributed by atoms with E-state index in [1.807, 2.05) is 48.5 Å². The molecule has 0 aliphatic rings. The first-order valence-corrected chi connectivity index (χ1v) is 8.09. The highest BCUT2D eigenvalue weighted by atomic mass is 32.1. The van der Waals surface area contributed by atoms with Gasteiger partial charge in [-0.2, -0.15) is 0 Å². The Kier molecular flexibility index (Phi) is 5.26. The largest absolute Gasteiger partial charge is 0.497 e. The van der Waals surface area contributed by atoms with Crippen molar-refractivity contribution in [1.29, 1.82) is 0 Å². The highest BCUT2D eigenvalue weighted by Crippen LogP contribution is 2.19. The Morgan fingerprint density at radius 2 is 1.76 bits per heavy atom. The van der Waals surface area contributed by atoms with Crippen molar-refractivity contribution in [2.45, 2.75) is 0 Å². The van der Waals surface area contributed by atoms with Crippen LogP contribution < -0.4 is 20.9 Å². The average molecular weight is 373 g/mol. The molecule has 0 saturated heterocycles. The first-order chi connectivity index (χ1) is 12.1. The molecule has 0 unspecified atom stereocenters. The quantitative estimate of drug-likeness (QED) is 0.398. The van der Waals surface area contributed by atoms with Gasteiger partial charge in [-0.1, -0.05) is 0 Å². The molecule has 0 aliphatic heterocycles. The second kappa shape index (κ2) is 7.77. The highest BCUT2D eigenvalue weighted by molar-refractivity contribution is 7.80. The summed E-state index contributed by atoms with van der Waals surface area (Å²) in [5.41, 5.74) is 8.42. The fraction of sp³-hybridized carbons (Fsp3) is 0.0625. The van der Waals surface area contributed by atoms with E-state index in [0.29, 0.717) is 11.0 Å². The summed E-state index contributed by atoms with van der Waals surface area (Å²) in [6.07, 6.45) is 0. The maximum absolute atomic E-state index is 5.27. The van der Waals surface area contributed by atoms with Gasteiger partial charge in [0.05, 0.1) is 12.8 Å². The van der Waals surface area contributed by atoms with Crippen LogP contribution in [0.25, 0.3) is 11.5 Å². The van der Waals surface area contributed by atoms with Crippen LogP contribution >= 0.6 is 24.4 Å². The molecule has 0 aliphatic carbocycles. The summed E-state index contributed by atoms with van der Waals surface area (Å²) in [7, 11) is 1.63. The molecule has 0 radical (unpaired) electrons. The number of nitrogens with zero attached hydrogens (tertiary/aromatic N) is 1. The number of rotatable bonds is 5. The number of hydrogen-bond donors (Lipinski definition) is 4. The molecule has 7 nitrogen and oxygen atoms in total. The molecule has 0 saturated carbocycles. The number of hydrazine groups is 1. The lowest BCUT2D eigenvalue weighted by atomic mass is 10.2. The zero-order valence-electron chi connectivity index (χ0n) is 13.2. The predicted molar refractivity (Wildman–Crippen MR) is 103 cm³/mol. The normalized spacial score (nSPS) is 10.1. The van der Waals surface area contributed by atoms with Gasteiger partial charge < -0.3 is 14.5 Å². The van der Waals surface area contributed by atoms with Crippen LogP contribution in [0.2, 0.25) is 0 Å². The Balaban J connectivity index is 1.54. The van der Waals surface area contributed by atoms with Crippen molar-refractivity contribution in [2.75, 3.05) is 17.9 Å². The van der Waals surface area contributed by atoms with E-state index in [1.165, 1.54) is 0 Å². The monoisotopic (exact) mass is 373 g/mol. The number of aromatic amines is 1. The molecule has 0 atom stereocenters. The molecular formula is C16H15N5O2S2. The van der Waals surface area contributed by atoms with Gasteiger partial charge >= 0.3 is 0 Å². The third kappa shape index (κ3) is 4.55. The molecule has 3 aromatic rings. The van der Waals surface area contributed by atoms with Crippen LogP contribution in [-0.2, 0) is 0 Å². The minimum absolute atomic E-state index is 0.243. The number of nitrogens with one attached hydrogen (secondary N) is 4. The number of aromatic nitrogens is 2. The Bertz CT molecular complexity index is 903. The van der Waals surface area contributed by atoms with Crippen molar-refractivity contribution >= 4 is 40.9 Å². The lowest BCUT2D eigenvalue weighted by Gasteiger charge is -2.13. The fourth-order valence-corrected chi connectivity index (χ4v) is 2.31. The summed E-state index contributed by atoms with van der Waals surface area (Å²) < 4.78 is 10.4. The van der Waals surface area contributed by atoms with Gasteiger partial charge in [0.15, 0.2) is 5.11 Å². The van der Waals surface area contributed by atoms with Gasteiger partial charge in [-0.15, -0.1) is 5.10 Å². The topological polar surface area (TPSA) is 87.1 Å². The van der Waals surface area contributed by atoms with E-state index in [2.05, 4.69) is 26.4 Å². The third-order valence-electron chi connectivity index (χ3n) is 3.24. The summed E-state index contributed by atoms with van der Waals surface area (Å²) in [5.74, 6) is 1.23. The average Bonchev–Trinajstić information content (AvgIpc) is 3.07. The summed E-state index contributed by atoms with van der Waals surface area (Å²) in [6, 6.07) is 14.9. The smallest absolute Gasteiger partial charge is 0.284 e. The van der Waals surface area contributed by atoms with Crippen LogP contribution in [0.5, 0.6) is 5.75 Å². The lowest BCUT2D eigenvalue weighted by molar-refractivity contribution is 0.415. The van der Waals surface area contributed by atoms with Crippen LogP contribution in [0.4, 0.5) is 11.4 Å². The summed E-state index contributed by atoms with van der Waals surface area (Å²) in [6.45, 7) is 0. The molecule has 2 aromatic carbocycles. The van der Waals surface area contributed by atoms with Gasteiger partial charge in [0.1, 0.15) is 5.75 Å². The second-order valence-corrected chi connectivity index (χ2v) is 5.71. The van der Waals surface area contributed by atoms with Crippen molar-refractivity contribution in [1.82, 2.24) is 15.6 Å². The number of ether oxygens (including phenoxy) is 1. The van der Waals surface area contributed by atoms with Gasteiger partial charge in [0.2, 0.25) is 5.89 Å². The number of benzene rings is 2. The zero-order chi connectivity index (χ0) is 17.6. The van der Waals surface area contributed by atoms with Crippen molar-refractivity contribution < 1.29 is 9.15 Å². The van der Waals surface area contributed by atoms with Gasteiger partial charge in [-0.05, 0) is 73.0 Å². The molecule has 3 rings (SSSR count). The van der Waals surface area contributed by atoms with Gasteiger partial charge in [-0.3, -0.25) is 10.9 Å². The van der Waals surface area contributed by atoms with E-state index in [1.54, 1.807) is 7.11 Å². The van der Waals surface area contributed by atoms with E-state index in [9.17, 15) is 0 Å². The van der Waals surface area contributed by atoms with Crippen molar-refractivity contribution in [2.24, 2.45) is 0 Å². The molecule has 1 aromatic heterocycles. The summed E-state index contributed by atoms with van der Waals surface area (Å²) >= 11 is 10.1. The molecule has 0 amide bonds. The molecular weight excluding hydrogens is 358 g/mol. The molecule has 25 heavy (non-hydrogen) atoms. The Morgan fingerprint density at radius 1 is 1.08 bits per heavy atom. The summed E-state index contributed by atoms with van der Waals surface area (Å²) in [4.78, 5) is 0.243. The van der Waals surface area contributed by atoms with Gasteiger partial charge in [-0.25, -0.2) is 5.10 Å². The maximum atomic E-state index is 5.27. The Morgan fingerprint density at radius 3 is 2.36 bits per heavy atom. The Hall–Kier alpha value is -2.91. The molecule has 9 heteroatoms. The first kappa shape index (κ1) is 16.9. The second-order valence-electron chi connectivity index (χ2n) is 4.93. The predicted octanol–water partition coefficient (Wildman–Crippen LogP) is 3.72. The number of thiocarbonyl (C=S) groups is 1. The molecule has 0 bridgehead atoms. The van der Waals surface area contributed by atoms with Crippen molar-refractivity contribution in [3.8, 4) is 17.2 Å². The van der Waals surface area contributed by atoms with Gasteiger partial charge in [0, 0.05) is 11.3 Å². The SMILES string of the molecule is COc1ccc(NNC(=S)Nc2ccc(-c3n[nH]c(=S)o3)cc2)cc1. The number of methoxy groups -OCH3 is 1. The molecule has 4 N–H and O–H groups in total. The number of H-pyrrole nitrogens is 1. The summed E-state index contributed by atoms with van der Waals surface area (Å²) in [5, 5.41) is 10.1. The number of hydrogen-bond acceptors (Lipinski definition) is 6. The van der Waals surface area contributed by atoms with Crippen LogP contribution in [0.3, 0.4) is 0 Å². The maximum Gasteiger partial charge on any atom is 0.284 e.